The summed E-state index contributed by atoms with van der Waals surface area (Å²) in [5.41, 5.74) is 0.834. The van der Waals surface area contributed by atoms with Crippen molar-refractivity contribution >= 4 is 11.8 Å². The zero-order chi connectivity index (χ0) is 11.9. The topological polar surface area (TPSA) is 54.5 Å². The molecule has 1 aromatic rings. The Morgan fingerprint density at radius 1 is 1.47 bits per heavy atom. The van der Waals surface area contributed by atoms with Crippen molar-refractivity contribution in [2.24, 2.45) is 5.41 Å². The number of esters is 1. The van der Waals surface area contributed by atoms with Gasteiger partial charge in [0, 0.05) is 31.6 Å². The fraction of sp³-hybridized carbons (Fsp3) is 0.500. The van der Waals surface area contributed by atoms with Gasteiger partial charge in [-0.3, -0.25) is 0 Å². The molecule has 0 unspecified atom stereocenters. The van der Waals surface area contributed by atoms with Gasteiger partial charge in [-0.1, -0.05) is 6.07 Å². The van der Waals surface area contributed by atoms with Crippen molar-refractivity contribution in [2.45, 2.75) is 0 Å². The van der Waals surface area contributed by atoms with Crippen LogP contribution < -0.4 is 10.2 Å². The van der Waals surface area contributed by atoms with Crippen LogP contribution in [-0.2, 0) is 4.74 Å². The zero-order valence-electron chi connectivity index (χ0n) is 9.77. The van der Waals surface area contributed by atoms with Crippen molar-refractivity contribution < 1.29 is 9.53 Å². The van der Waals surface area contributed by atoms with Crippen molar-refractivity contribution in [1.29, 1.82) is 0 Å². The van der Waals surface area contributed by atoms with Crippen LogP contribution in [0.2, 0.25) is 0 Å². The summed E-state index contributed by atoms with van der Waals surface area (Å²) in [6, 6.07) is 5.46. The molecule has 0 bridgehead atoms. The average Bonchev–Trinajstić information content (AvgIpc) is 2.25. The van der Waals surface area contributed by atoms with Crippen LogP contribution in [0.4, 0.5) is 5.82 Å². The molecular weight excluding hydrogens is 218 g/mol. The lowest BCUT2D eigenvalue weighted by molar-refractivity contribution is 0.0594. The fourth-order valence-corrected chi connectivity index (χ4v) is 2.45. The molecule has 2 aliphatic rings. The molecule has 5 heteroatoms. The van der Waals surface area contributed by atoms with E-state index < -0.39 is 0 Å². The number of nitrogens with zero attached hydrogens (tertiary/aromatic N) is 2. The van der Waals surface area contributed by atoms with E-state index in [0.717, 1.165) is 32.0 Å². The van der Waals surface area contributed by atoms with Gasteiger partial charge in [0.25, 0.3) is 0 Å². The number of rotatable bonds is 2. The molecule has 90 valence electrons. The Bertz CT molecular complexity index is 449. The highest BCUT2D eigenvalue weighted by Gasteiger charge is 2.47. The van der Waals surface area contributed by atoms with E-state index in [-0.39, 0.29) is 5.97 Å². The van der Waals surface area contributed by atoms with Gasteiger partial charge in [0.05, 0.1) is 7.11 Å². The van der Waals surface area contributed by atoms with Crippen molar-refractivity contribution in [2.75, 3.05) is 38.2 Å². The summed E-state index contributed by atoms with van der Waals surface area (Å²) >= 11 is 0. The number of ether oxygens (including phenoxy) is 1. The third-order valence-corrected chi connectivity index (χ3v) is 3.51. The second-order valence-electron chi connectivity index (χ2n) is 4.83. The summed E-state index contributed by atoms with van der Waals surface area (Å²) in [5.74, 6) is 0.484. The molecule has 1 spiro atoms. The second kappa shape index (κ2) is 3.70. The quantitative estimate of drug-likeness (QED) is 0.743. The molecule has 0 atom stereocenters. The highest BCUT2D eigenvalue weighted by molar-refractivity contribution is 5.87. The van der Waals surface area contributed by atoms with Crippen LogP contribution in [0.3, 0.4) is 0 Å². The number of pyridine rings is 1. The predicted molar refractivity (Wildman–Crippen MR) is 63.1 cm³/mol. The number of aromatic nitrogens is 1. The van der Waals surface area contributed by atoms with Crippen molar-refractivity contribution in [3.05, 3.63) is 23.9 Å². The molecule has 2 saturated heterocycles. The first-order valence-electron chi connectivity index (χ1n) is 5.74. The number of carbonyl (C=O) groups excluding carboxylic acids is 1. The van der Waals surface area contributed by atoms with Crippen LogP contribution in [0.5, 0.6) is 0 Å². The normalized spacial score (nSPS) is 20.6. The van der Waals surface area contributed by atoms with E-state index >= 15 is 0 Å². The maximum absolute atomic E-state index is 11.4. The van der Waals surface area contributed by atoms with Gasteiger partial charge in [0.1, 0.15) is 5.82 Å². The second-order valence-corrected chi connectivity index (χ2v) is 4.83. The van der Waals surface area contributed by atoms with Crippen LogP contribution in [0, 0.1) is 5.41 Å². The van der Waals surface area contributed by atoms with Crippen molar-refractivity contribution in [3.63, 3.8) is 0 Å². The Morgan fingerprint density at radius 3 is 2.82 bits per heavy atom. The summed E-state index contributed by atoms with van der Waals surface area (Å²) in [4.78, 5) is 17.9. The van der Waals surface area contributed by atoms with Crippen LogP contribution in [0.1, 0.15) is 10.5 Å². The molecule has 5 nitrogen and oxygen atoms in total. The lowest BCUT2D eigenvalue weighted by Gasteiger charge is -2.56. The largest absolute Gasteiger partial charge is 0.464 e. The number of hydrogen-bond donors (Lipinski definition) is 1. The van der Waals surface area contributed by atoms with Gasteiger partial charge in [-0.2, -0.15) is 0 Å². The summed E-state index contributed by atoms with van der Waals surface area (Å²) in [6.45, 7) is 4.25. The van der Waals surface area contributed by atoms with Gasteiger partial charge in [0.2, 0.25) is 0 Å². The van der Waals surface area contributed by atoms with E-state index in [9.17, 15) is 4.79 Å². The molecule has 3 heterocycles. The lowest BCUT2D eigenvalue weighted by Crippen LogP contribution is -2.71. The minimum Gasteiger partial charge on any atom is -0.464 e. The van der Waals surface area contributed by atoms with Crippen LogP contribution in [0.25, 0.3) is 0 Å². The minimum absolute atomic E-state index is 0.373. The van der Waals surface area contributed by atoms with Crippen molar-refractivity contribution in [3.8, 4) is 0 Å². The van der Waals surface area contributed by atoms with Crippen molar-refractivity contribution in [1.82, 2.24) is 10.3 Å². The summed E-state index contributed by atoms with van der Waals surface area (Å²) in [6.07, 6.45) is 0. The Morgan fingerprint density at radius 2 is 2.24 bits per heavy atom. The highest BCUT2D eigenvalue weighted by Crippen LogP contribution is 2.36. The first kappa shape index (κ1) is 10.5. The first-order chi connectivity index (χ1) is 8.22. The molecule has 3 rings (SSSR count). The Hall–Kier alpha value is -1.62. The lowest BCUT2D eigenvalue weighted by atomic mass is 9.74. The molecule has 0 aromatic carbocycles. The van der Waals surface area contributed by atoms with E-state index in [4.69, 9.17) is 0 Å². The Labute approximate surface area is 99.8 Å². The minimum atomic E-state index is -0.382. The number of carbonyl (C=O) groups is 1. The Balaban J connectivity index is 1.73. The SMILES string of the molecule is COC(=O)c1cccc(N2CC3(CNC3)C2)n1. The first-order valence-corrected chi connectivity index (χ1v) is 5.74. The fourth-order valence-electron chi connectivity index (χ4n) is 2.45. The summed E-state index contributed by atoms with van der Waals surface area (Å²) in [7, 11) is 1.37. The number of methoxy groups -OCH3 is 1. The molecule has 0 radical (unpaired) electrons. The Kier molecular flexibility index (Phi) is 2.29. The van der Waals surface area contributed by atoms with Crippen LogP contribution in [-0.4, -0.2) is 44.2 Å². The molecule has 1 N–H and O–H groups in total. The molecular formula is C12H15N3O2. The van der Waals surface area contributed by atoms with Gasteiger partial charge in [0.15, 0.2) is 5.69 Å². The monoisotopic (exact) mass is 233 g/mol. The number of anilines is 1. The van der Waals surface area contributed by atoms with E-state index in [0.29, 0.717) is 11.1 Å². The summed E-state index contributed by atoms with van der Waals surface area (Å²) < 4.78 is 4.67. The van der Waals surface area contributed by atoms with Gasteiger partial charge < -0.3 is 15.0 Å². The molecule has 17 heavy (non-hydrogen) atoms. The third kappa shape index (κ3) is 1.67. The van der Waals surface area contributed by atoms with E-state index in [1.165, 1.54) is 7.11 Å². The molecule has 0 saturated carbocycles. The molecule has 2 fully saturated rings. The molecule has 1 aromatic heterocycles. The maximum atomic E-state index is 11.4. The van der Waals surface area contributed by atoms with Crippen LogP contribution in [0.15, 0.2) is 18.2 Å². The molecule has 2 aliphatic heterocycles. The third-order valence-electron chi connectivity index (χ3n) is 3.51. The molecule has 0 amide bonds. The van der Waals surface area contributed by atoms with Gasteiger partial charge in [-0.05, 0) is 12.1 Å². The number of nitrogens with one attached hydrogen (secondary N) is 1. The maximum Gasteiger partial charge on any atom is 0.356 e. The molecule has 0 aliphatic carbocycles. The van der Waals surface area contributed by atoms with Crippen LogP contribution >= 0.6 is 0 Å². The standard InChI is InChI=1S/C12H15N3O2/c1-17-11(16)9-3-2-4-10(14-9)15-7-12(8-15)5-13-6-12/h2-4,13H,5-8H2,1H3. The summed E-state index contributed by atoms with van der Waals surface area (Å²) in [5, 5.41) is 3.29. The van der Waals surface area contributed by atoms with Gasteiger partial charge >= 0.3 is 5.97 Å². The smallest absolute Gasteiger partial charge is 0.356 e. The predicted octanol–water partition coefficient (Wildman–Crippen LogP) is 0.278. The van der Waals surface area contributed by atoms with E-state index in [1.54, 1.807) is 6.07 Å². The van der Waals surface area contributed by atoms with E-state index in [1.807, 2.05) is 12.1 Å². The number of hydrogen-bond acceptors (Lipinski definition) is 5. The highest BCUT2D eigenvalue weighted by atomic mass is 16.5. The van der Waals surface area contributed by atoms with Gasteiger partial charge in [-0.25, -0.2) is 9.78 Å². The average molecular weight is 233 g/mol. The zero-order valence-corrected chi connectivity index (χ0v) is 9.77. The van der Waals surface area contributed by atoms with Gasteiger partial charge in [-0.15, -0.1) is 0 Å². The van der Waals surface area contributed by atoms with E-state index in [2.05, 4.69) is 19.9 Å².